The highest BCUT2D eigenvalue weighted by Gasteiger charge is 2.48. The lowest BCUT2D eigenvalue weighted by molar-refractivity contribution is -0.162. The minimum Gasteiger partial charge on any atom is -0.329 e. The van der Waals surface area contributed by atoms with Crippen LogP contribution in [0, 0.1) is 5.92 Å². The van der Waals surface area contributed by atoms with Gasteiger partial charge in [0, 0.05) is 21.3 Å². The third-order valence-electron chi connectivity index (χ3n) is 4.27. The van der Waals surface area contributed by atoms with Gasteiger partial charge in [-0.2, -0.15) is 0 Å². The highest BCUT2D eigenvalue weighted by Crippen LogP contribution is 2.32. The SMILES string of the molecule is CC(C)C1C(=O)N2CCCC2C(=O)N1Cc1cc(Br)cs1. The van der Waals surface area contributed by atoms with E-state index in [1.165, 1.54) is 0 Å². The molecule has 2 saturated heterocycles. The predicted octanol–water partition coefficient (Wildman–Crippen LogP) is 2.87. The summed E-state index contributed by atoms with van der Waals surface area (Å²) in [5, 5.41) is 2.01. The molecular formula is C15H19BrN2O2S. The Morgan fingerprint density at radius 3 is 2.76 bits per heavy atom. The van der Waals surface area contributed by atoms with E-state index in [0.29, 0.717) is 6.54 Å². The van der Waals surface area contributed by atoms with Gasteiger partial charge in [-0.3, -0.25) is 9.59 Å². The topological polar surface area (TPSA) is 40.6 Å². The van der Waals surface area contributed by atoms with Crippen molar-refractivity contribution in [2.75, 3.05) is 6.54 Å². The summed E-state index contributed by atoms with van der Waals surface area (Å²) < 4.78 is 1.03. The Morgan fingerprint density at radius 2 is 2.14 bits per heavy atom. The molecule has 0 aliphatic carbocycles. The third kappa shape index (κ3) is 2.63. The first kappa shape index (κ1) is 15.0. The number of piperazine rings is 1. The van der Waals surface area contributed by atoms with Crippen LogP contribution >= 0.6 is 27.3 Å². The van der Waals surface area contributed by atoms with Crippen molar-refractivity contribution in [3.05, 3.63) is 20.8 Å². The minimum atomic E-state index is -0.326. The van der Waals surface area contributed by atoms with E-state index >= 15 is 0 Å². The molecule has 3 heterocycles. The van der Waals surface area contributed by atoms with Crippen LogP contribution in [-0.2, 0) is 16.1 Å². The average molecular weight is 371 g/mol. The number of hydrogen-bond donors (Lipinski definition) is 0. The maximum Gasteiger partial charge on any atom is 0.246 e. The summed E-state index contributed by atoms with van der Waals surface area (Å²) in [6.45, 7) is 5.30. The molecule has 2 aliphatic heterocycles. The molecule has 3 rings (SSSR count). The molecule has 1 aromatic rings. The van der Waals surface area contributed by atoms with Gasteiger partial charge in [0.2, 0.25) is 11.8 Å². The van der Waals surface area contributed by atoms with Gasteiger partial charge in [0.25, 0.3) is 0 Å². The summed E-state index contributed by atoms with van der Waals surface area (Å²) in [6, 6.07) is 1.48. The Labute approximate surface area is 137 Å². The summed E-state index contributed by atoms with van der Waals surface area (Å²) in [7, 11) is 0. The molecule has 4 nitrogen and oxygen atoms in total. The second-order valence-electron chi connectivity index (χ2n) is 6.08. The fourth-order valence-electron chi connectivity index (χ4n) is 3.34. The van der Waals surface area contributed by atoms with E-state index in [0.717, 1.165) is 28.7 Å². The first-order chi connectivity index (χ1) is 9.99. The van der Waals surface area contributed by atoms with Crippen molar-refractivity contribution in [3.63, 3.8) is 0 Å². The van der Waals surface area contributed by atoms with Crippen LogP contribution in [0.4, 0.5) is 0 Å². The molecule has 114 valence electrons. The zero-order valence-corrected chi connectivity index (χ0v) is 14.6. The molecule has 2 amide bonds. The maximum atomic E-state index is 12.8. The second kappa shape index (κ2) is 5.72. The number of amides is 2. The standard InChI is InChI=1S/C15H19BrN2O2S/c1-9(2)13-15(20)17-5-3-4-12(17)14(19)18(13)7-11-6-10(16)8-21-11/h6,8-9,12-13H,3-5,7H2,1-2H3. The zero-order valence-electron chi connectivity index (χ0n) is 12.2. The molecule has 0 bridgehead atoms. The number of carbonyl (C=O) groups excluding carboxylic acids is 2. The van der Waals surface area contributed by atoms with Gasteiger partial charge in [-0.15, -0.1) is 11.3 Å². The Bertz CT molecular complexity index is 572. The number of rotatable bonds is 3. The van der Waals surface area contributed by atoms with Gasteiger partial charge < -0.3 is 9.80 Å². The molecule has 1 aromatic heterocycles. The predicted molar refractivity (Wildman–Crippen MR) is 85.9 cm³/mol. The van der Waals surface area contributed by atoms with Crippen molar-refractivity contribution in [1.82, 2.24) is 9.80 Å². The van der Waals surface area contributed by atoms with Gasteiger partial charge in [0.15, 0.2) is 0 Å². The Morgan fingerprint density at radius 1 is 1.38 bits per heavy atom. The van der Waals surface area contributed by atoms with Gasteiger partial charge in [-0.25, -0.2) is 0 Å². The molecule has 0 radical (unpaired) electrons. The molecular weight excluding hydrogens is 352 g/mol. The van der Waals surface area contributed by atoms with Crippen molar-refractivity contribution < 1.29 is 9.59 Å². The van der Waals surface area contributed by atoms with Gasteiger partial charge in [0.05, 0.1) is 6.54 Å². The fraction of sp³-hybridized carbons (Fsp3) is 0.600. The van der Waals surface area contributed by atoms with E-state index in [4.69, 9.17) is 0 Å². The molecule has 2 unspecified atom stereocenters. The van der Waals surface area contributed by atoms with Crippen molar-refractivity contribution >= 4 is 39.1 Å². The lowest BCUT2D eigenvalue weighted by Gasteiger charge is -2.43. The van der Waals surface area contributed by atoms with Crippen molar-refractivity contribution in [1.29, 1.82) is 0 Å². The normalized spacial score (nSPS) is 25.9. The third-order valence-corrected chi connectivity index (χ3v) is 5.95. The highest BCUT2D eigenvalue weighted by molar-refractivity contribution is 9.10. The number of carbonyl (C=O) groups is 2. The molecule has 21 heavy (non-hydrogen) atoms. The lowest BCUT2D eigenvalue weighted by Crippen LogP contribution is -2.63. The van der Waals surface area contributed by atoms with Crippen LogP contribution in [0.15, 0.2) is 15.9 Å². The van der Waals surface area contributed by atoms with E-state index in [1.54, 1.807) is 21.1 Å². The number of fused-ring (bicyclic) bond motifs is 1. The number of halogens is 1. The largest absolute Gasteiger partial charge is 0.329 e. The van der Waals surface area contributed by atoms with E-state index < -0.39 is 0 Å². The zero-order chi connectivity index (χ0) is 15.1. The highest BCUT2D eigenvalue weighted by atomic mass is 79.9. The number of nitrogens with zero attached hydrogens (tertiary/aromatic N) is 2. The summed E-state index contributed by atoms with van der Waals surface area (Å²) in [6.07, 6.45) is 1.74. The van der Waals surface area contributed by atoms with Crippen molar-refractivity contribution in [2.24, 2.45) is 5.92 Å². The van der Waals surface area contributed by atoms with Gasteiger partial charge in [-0.1, -0.05) is 13.8 Å². The molecule has 0 aromatic carbocycles. The van der Waals surface area contributed by atoms with Crippen molar-refractivity contribution in [2.45, 2.75) is 45.3 Å². The second-order valence-corrected chi connectivity index (χ2v) is 7.99. The summed E-state index contributed by atoms with van der Waals surface area (Å²) in [5.74, 6) is 0.379. The van der Waals surface area contributed by atoms with Crippen LogP contribution in [-0.4, -0.2) is 40.2 Å². The van der Waals surface area contributed by atoms with Crippen LogP contribution in [0.5, 0.6) is 0 Å². The molecule has 0 saturated carbocycles. The van der Waals surface area contributed by atoms with Crippen LogP contribution < -0.4 is 0 Å². The Balaban J connectivity index is 1.90. The van der Waals surface area contributed by atoms with Gasteiger partial charge >= 0.3 is 0 Å². The molecule has 0 spiro atoms. The minimum absolute atomic E-state index is 0.121. The van der Waals surface area contributed by atoms with Crippen LogP contribution in [0.1, 0.15) is 31.6 Å². The van der Waals surface area contributed by atoms with E-state index in [-0.39, 0.29) is 29.8 Å². The van der Waals surface area contributed by atoms with Crippen LogP contribution in [0.2, 0.25) is 0 Å². The van der Waals surface area contributed by atoms with E-state index in [1.807, 2.05) is 25.3 Å². The molecule has 2 aliphatic rings. The van der Waals surface area contributed by atoms with Crippen LogP contribution in [0.3, 0.4) is 0 Å². The maximum absolute atomic E-state index is 12.8. The molecule has 6 heteroatoms. The van der Waals surface area contributed by atoms with Crippen molar-refractivity contribution in [3.8, 4) is 0 Å². The number of thiophene rings is 1. The summed E-state index contributed by atoms with van der Waals surface area (Å²) in [4.78, 5) is 30.2. The van der Waals surface area contributed by atoms with E-state index in [2.05, 4.69) is 15.9 Å². The van der Waals surface area contributed by atoms with Gasteiger partial charge in [-0.05, 0) is 40.8 Å². The smallest absolute Gasteiger partial charge is 0.246 e. The molecule has 2 atom stereocenters. The average Bonchev–Trinajstić information content (AvgIpc) is 3.04. The fourth-order valence-corrected chi connectivity index (χ4v) is 4.79. The Hall–Kier alpha value is -0.880. The molecule has 0 N–H and O–H groups in total. The number of hydrogen-bond acceptors (Lipinski definition) is 3. The Kier molecular flexibility index (Phi) is 4.10. The monoisotopic (exact) mass is 370 g/mol. The van der Waals surface area contributed by atoms with Gasteiger partial charge in [0.1, 0.15) is 12.1 Å². The summed E-state index contributed by atoms with van der Waals surface area (Å²) in [5.41, 5.74) is 0. The van der Waals surface area contributed by atoms with E-state index in [9.17, 15) is 9.59 Å². The lowest BCUT2D eigenvalue weighted by atomic mass is 9.96. The summed E-state index contributed by atoms with van der Waals surface area (Å²) >= 11 is 5.06. The van der Waals surface area contributed by atoms with Crippen LogP contribution in [0.25, 0.3) is 0 Å². The first-order valence-electron chi connectivity index (χ1n) is 7.33. The molecule has 2 fully saturated rings. The first-order valence-corrected chi connectivity index (χ1v) is 9.00. The quantitative estimate of drug-likeness (QED) is 0.820.